The zero-order valence-corrected chi connectivity index (χ0v) is 19.1. The van der Waals surface area contributed by atoms with Crippen LogP contribution in [0.5, 0.6) is 0 Å². The van der Waals surface area contributed by atoms with E-state index >= 15 is 0 Å². The molecule has 29 heavy (non-hydrogen) atoms. The smallest absolute Gasteiger partial charge is 0.341 e. The maximum Gasteiger partial charge on any atom is 0.341 e. The molecule has 3 rings (SSSR count). The Balaban J connectivity index is 1.84. The van der Waals surface area contributed by atoms with Gasteiger partial charge in [0.2, 0.25) is 0 Å². The average Bonchev–Trinajstić information content (AvgIpc) is 3.03. The minimum atomic E-state index is -0.315. The van der Waals surface area contributed by atoms with Crippen molar-refractivity contribution in [2.24, 2.45) is 7.05 Å². The van der Waals surface area contributed by atoms with Gasteiger partial charge in [0.25, 0.3) is 0 Å². The summed E-state index contributed by atoms with van der Waals surface area (Å²) in [6.45, 7) is 4.76. The van der Waals surface area contributed by atoms with Gasteiger partial charge >= 0.3 is 5.97 Å². The number of hydrogen-bond donors (Lipinski definition) is 1. The Hall–Kier alpha value is -2.19. The molecule has 0 aliphatic heterocycles. The molecule has 0 aliphatic rings. The van der Waals surface area contributed by atoms with Crippen molar-refractivity contribution in [3.8, 4) is 0 Å². The van der Waals surface area contributed by atoms with Gasteiger partial charge in [0.15, 0.2) is 0 Å². The fourth-order valence-corrected chi connectivity index (χ4v) is 3.65. The lowest BCUT2D eigenvalue weighted by Gasteiger charge is -2.14. The molecular formula is C23H26IN3O2. The predicted molar refractivity (Wildman–Crippen MR) is 123 cm³/mol. The van der Waals surface area contributed by atoms with Crippen molar-refractivity contribution in [1.29, 1.82) is 0 Å². The molecule has 1 aromatic heterocycles. The number of nitrogens with zero attached hydrogens (tertiary/aromatic N) is 2. The van der Waals surface area contributed by atoms with E-state index in [9.17, 15) is 4.79 Å². The molecule has 0 fully saturated rings. The first-order valence-corrected chi connectivity index (χ1v) is 10.8. The number of carbonyl (C=O) groups excluding carboxylic acids is 1. The van der Waals surface area contributed by atoms with E-state index in [1.165, 1.54) is 9.13 Å². The molecule has 1 atom stereocenters. The van der Waals surface area contributed by atoms with Crippen LogP contribution in [0.25, 0.3) is 0 Å². The van der Waals surface area contributed by atoms with Gasteiger partial charge < -0.3 is 10.1 Å². The number of esters is 1. The molecule has 1 N–H and O–H groups in total. The number of hydrogen-bond acceptors (Lipinski definition) is 4. The van der Waals surface area contributed by atoms with Gasteiger partial charge in [0.05, 0.1) is 18.0 Å². The summed E-state index contributed by atoms with van der Waals surface area (Å²) >= 11 is 2.30. The highest BCUT2D eigenvalue weighted by atomic mass is 127. The maximum absolute atomic E-state index is 12.7. The Labute approximate surface area is 185 Å². The third-order valence-corrected chi connectivity index (χ3v) is 5.60. The summed E-state index contributed by atoms with van der Waals surface area (Å²) in [6.07, 6.45) is 0.630. The minimum absolute atomic E-state index is 0.140. The van der Waals surface area contributed by atoms with Crippen LogP contribution in [0.15, 0.2) is 54.6 Å². The van der Waals surface area contributed by atoms with E-state index < -0.39 is 0 Å². The molecule has 3 aromatic rings. The Morgan fingerprint density at radius 1 is 1.17 bits per heavy atom. The quantitative estimate of drug-likeness (QED) is 0.360. The van der Waals surface area contributed by atoms with Crippen molar-refractivity contribution in [3.05, 3.63) is 86.2 Å². The van der Waals surface area contributed by atoms with E-state index in [2.05, 4.69) is 76.3 Å². The van der Waals surface area contributed by atoms with Gasteiger partial charge in [-0.3, -0.25) is 4.68 Å². The minimum Gasteiger partial charge on any atom is -0.462 e. The normalized spacial score (nSPS) is 12.0. The monoisotopic (exact) mass is 503 g/mol. The topological polar surface area (TPSA) is 56.1 Å². The molecule has 0 spiro atoms. The highest BCUT2D eigenvalue weighted by Crippen LogP contribution is 2.21. The maximum atomic E-state index is 12.7. The summed E-state index contributed by atoms with van der Waals surface area (Å²) in [4.78, 5) is 12.7. The van der Waals surface area contributed by atoms with Gasteiger partial charge in [-0.15, -0.1) is 0 Å². The molecule has 0 saturated carbocycles. The SMILES string of the molecule is CCOC(=O)c1c(CN[C@@H](C)c2ccc(I)cc2)nn(C)c1Cc1ccccc1. The molecule has 0 aliphatic carbocycles. The van der Waals surface area contributed by atoms with Gasteiger partial charge in [0.1, 0.15) is 5.56 Å². The Morgan fingerprint density at radius 3 is 2.52 bits per heavy atom. The molecule has 0 amide bonds. The highest BCUT2D eigenvalue weighted by molar-refractivity contribution is 14.1. The summed E-state index contributed by atoms with van der Waals surface area (Å²) in [5.74, 6) is -0.315. The molecule has 152 valence electrons. The average molecular weight is 503 g/mol. The lowest BCUT2D eigenvalue weighted by Crippen LogP contribution is -2.20. The second-order valence-electron chi connectivity index (χ2n) is 6.93. The Morgan fingerprint density at radius 2 is 1.86 bits per heavy atom. The third kappa shape index (κ3) is 5.45. The summed E-state index contributed by atoms with van der Waals surface area (Å²) in [6, 6.07) is 18.7. The van der Waals surface area contributed by atoms with Crippen LogP contribution >= 0.6 is 22.6 Å². The van der Waals surface area contributed by atoms with Gasteiger partial charge in [-0.2, -0.15) is 5.10 Å². The number of nitrogens with one attached hydrogen (secondary N) is 1. The van der Waals surface area contributed by atoms with Gasteiger partial charge in [-0.1, -0.05) is 42.5 Å². The molecular weight excluding hydrogens is 477 g/mol. The summed E-state index contributed by atoms with van der Waals surface area (Å²) in [5.41, 5.74) is 4.49. The van der Waals surface area contributed by atoms with Crippen molar-refractivity contribution >= 4 is 28.6 Å². The van der Waals surface area contributed by atoms with Gasteiger partial charge in [0, 0.05) is 29.6 Å². The van der Waals surface area contributed by atoms with Crippen LogP contribution in [0.2, 0.25) is 0 Å². The zero-order valence-electron chi connectivity index (χ0n) is 17.0. The van der Waals surface area contributed by atoms with E-state index in [-0.39, 0.29) is 12.0 Å². The largest absolute Gasteiger partial charge is 0.462 e. The van der Waals surface area contributed by atoms with Crippen LogP contribution in [-0.2, 0) is 24.8 Å². The van der Waals surface area contributed by atoms with Crippen molar-refractivity contribution in [2.45, 2.75) is 32.9 Å². The standard InChI is InChI=1S/C23H26IN3O2/c1-4-29-23(28)22-20(15-25-16(2)18-10-12-19(24)13-11-18)26-27(3)21(22)14-17-8-6-5-7-9-17/h5-13,16,25H,4,14-15H2,1-3H3/t16-/m0/s1. The fraction of sp³-hybridized carbons (Fsp3) is 0.304. The number of rotatable bonds is 8. The van der Waals surface area contributed by atoms with Crippen molar-refractivity contribution in [3.63, 3.8) is 0 Å². The lowest BCUT2D eigenvalue weighted by atomic mass is 10.0. The van der Waals surface area contributed by atoms with Crippen LogP contribution in [0.1, 0.15) is 52.8 Å². The van der Waals surface area contributed by atoms with Gasteiger partial charge in [-0.05, 0) is 59.7 Å². The van der Waals surface area contributed by atoms with Crippen LogP contribution in [0.4, 0.5) is 0 Å². The number of halogens is 1. The fourth-order valence-electron chi connectivity index (χ4n) is 3.29. The first-order chi connectivity index (χ1) is 14.0. The number of carbonyl (C=O) groups is 1. The van der Waals surface area contributed by atoms with Crippen LogP contribution in [0, 0.1) is 3.57 Å². The molecule has 2 aromatic carbocycles. The summed E-state index contributed by atoms with van der Waals surface area (Å²) in [7, 11) is 1.88. The molecule has 6 heteroatoms. The number of benzene rings is 2. The van der Waals surface area contributed by atoms with Crippen molar-refractivity contribution in [1.82, 2.24) is 15.1 Å². The molecule has 5 nitrogen and oxygen atoms in total. The van der Waals surface area contributed by atoms with Crippen LogP contribution in [0.3, 0.4) is 0 Å². The van der Waals surface area contributed by atoms with Crippen LogP contribution < -0.4 is 5.32 Å². The zero-order chi connectivity index (χ0) is 20.8. The van der Waals surface area contributed by atoms with E-state index in [1.54, 1.807) is 4.68 Å². The Kier molecular flexibility index (Phi) is 7.44. The predicted octanol–water partition coefficient (Wildman–Crippen LogP) is 4.64. The summed E-state index contributed by atoms with van der Waals surface area (Å²) in [5, 5.41) is 8.13. The molecule has 0 bridgehead atoms. The van der Waals surface area contributed by atoms with E-state index in [4.69, 9.17) is 4.74 Å². The second-order valence-corrected chi connectivity index (χ2v) is 8.17. The van der Waals surface area contributed by atoms with Crippen LogP contribution in [-0.4, -0.2) is 22.4 Å². The number of aromatic nitrogens is 2. The Bertz CT molecular complexity index is 952. The first kappa shape index (κ1) is 21.5. The molecule has 1 heterocycles. The number of ether oxygens (including phenoxy) is 1. The first-order valence-electron chi connectivity index (χ1n) is 9.74. The molecule has 0 unspecified atom stereocenters. The molecule has 0 radical (unpaired) electrons. The van der Waals surface area contributed by atoms with E-state index in [0.29, 0.717) is 30.8 Å². The molecule has 0 saturated heterocycles. The van der Waals surface area contributed by atoms with Crippen molar-refractivity contribution < 1.29 is 9.53 Å². The van der Waals surface area contributed by atoms with Crippen molar-refractivity contribution in [2.75, 3.05) is 6.61 Å². The third-order valence-electron chi connectivity index (χ3n) is 4.88. The second kappa shape index (κ2) is 10.0. The van der Waals surface area contributed by atoms with Gasteiger partial charge in [-0.25, -0.2) is 4.79 Å². The van der Waals surface area contributed by atoms with E-state index in [1.807, 2.05) is 32.2 Å². The number of aryl methyl sites for hydroxylation is 1. The van der Waals surface area contributed by atoms with E-state index in [0.717, 1.165) is 11.3 Å². The lowest BCUT2D eigenvalue weighted by molar-refractivity contribution is 0.0523. The summed E-state index contributed by atoms with van der Waals surface area (Å²) < 4.78 is 8.35. The highest BCUT2D eigenvalue weighted by Gasteiger charge is 2.24.